The second-order valence-corrected chi connectivity index (χ2v) is 7.92. The summed E-state index contributed by atoms with van der Waals surface area (Å²) in [6.45, 7) is 2.17. The van der Waals surface area contributed by atoms with Crippen molar-refractivity contribution in [3.8, 4) is 0 Å². The van der Waals surface area contributed by atoms with Gasteiger partial charge in [-0.1, -0.05) is 70.8 Å². The van der Waals surface area contributed by atoms with Crippen LogP contribution in [0.4, 0.5) is 0 Å². The van der Waals surface area contributed by atoms with Crippen molar-refractivity contribution in [2.45, 2.75) is 77.6 Å². The van der Waals surface area contributed by atoms with E-state index < -0.39 is 15.9 Å². The molecule has 0 N–H and O–H groups in total. The number of carbonyl (C=O) groups excluding carboxylic acids is 1. The van der Waals surface area contributed by atoms with Crippen molar-refractivity contribution < 1.29 is 47.3 Å². The van der Waals surface area contributed by atoms with Gasteiger partial charge in [0.1, 0.15) is 0 Å². The zero-order valence-electron chi connectivity index (χ0n) is 16.3. The minimum absolute atomic E-state index is 0. The fraction of sp³-hybridized carbons (Fsp3) is 0.833. The first-order valence-electron chi connectivity index (χ1n) is 9.22. The molecule has 0 atom stereocenters. The van der Waals surface area contributed by atoms with Gasteiger partial charge in [-0.2, -0.15) is 0 Å². The Morgan fingerprint density at radius 1 is 0.960 bits per heavy atom. The zero-order chi connectivity index (χ0) is 18.3. The molecule has 0 bridgehead atoms. The van der Waals surface area contributed by atoms with Gasteiger partial charge in [0.25, 0.3) is 0 Å². The van der Waals surface area contributed by atoms with Crippen LogP contribution in [-0.2, 0) is 14.9 Å². The zero-order valence-corrected chi connectivity index (χ0v) is 19.2. The number of hydrogen-bond acceptors (Lipinski definition) is 4. The van der Waals surface area contributed by atoms with E-state index in [2.05, 4.69) is 6.92 Å². The molecule has 0 aromatic rings. The largest absolute Gasteiger partial charge is 1.00 e. The Labute approximate surface area is 176 Å². The van der Waals surface area contributed by atoms with E-state index >= 15 is 0 Å². The van der Waals surface area contributed by atoms with E-state index in [1.165, 1.54) is 75.8 Å². The summed E-state index contributed by atoms with van der Waals surface area (Å²) in [5, 5.41) is 0. The first-order chi connectivity index (χ1) is 11.4. The Bertz CT molecular complexity index is 452. The fourth-order valence-electron chi connectivity index (χ4n) is 2.42. The summed E-state index contributed by atoms with van der Waals surface area (Å²) >= 11 is 0. The monoisotopic (exact) mass is 383 g/mol. The van der Waals surface area contributed by atoms with Gasteiger partial charge in [0.15, 0.2) is 0 Å². The Kier molecular flexibility index (Phi) is 19.2. The van der Waals surface area contributed by atoms with Crippen molar-refractivity contribution in [1.29, 1.82) is 0 Å². The standard InChI is InChI=1S/C18H35NO4S.Na/c1-3-4-5-6-7-8-9-10-11-12-13-14-15-18(20)19(2)16-17-24(21,22)23;/h14-15H,3-13,16-17H2,1-2H3,(H,21,22,23);/q;+1/p-1/b15-14+;. The number of rotatable bonds is 15. The van der Waals surface area contributed by atoms with Crippen LogP contribution in [0.2, 0.25) is 0 Å². The summed E-state index contributed by atoms with van der Waals surface area (Å²) in [5.41, 5.74) is 0. The molecular formula is C18H34NNaO4S. The number of allylic oxidation sites excluding steroid dienone is 1. The third kappa shape index (κ3) is 20.3. The number of carbonyl (C=O) groups is 1. The molecule has 0 aliphatic heterocycles. The van der Waals surface area contributed by atoms with Crippen LogP contribution in [0.5, 0.6) is 0 Å². The number of hydrogen-bond donors (Lipinski definition) is 0. The van der Waals surface area contributed by atoms with Crippen molar-refractivity contribution in [2.24, 2.45) is 0 Å². The Balaban J connectivity index is 0. The van der Waals surface area contributed by atoms with E-state index in [4.69, 9.17) is 0 Å². The average Bonchev–Trinajstić information content (AvgIpc) is 2.52. The molecule has 142 valence electrons. The maximum atomic E-state index is 11.7. The van der Waals surface area contributed by atoms with Crippen LogP contribution in [0.1, 0.15) is 77.6 Å². The smallest absolute Gasteiger partial charge is 0.748 e. The Morgan fingerprint density at radius 3 is 1.92 bits per heavy atom. The van der Waals surface area contributed by atoms with Crippen LogP contribution in [0, 0.1) is 0 Å². The molecule has 0 aromatic carbocycles. The molecule has 7 heteroatoms. The van der Waals surface area contributed by atoms with Gasteiger partial charge in [-0.05, 0) is 18.9 Å². The average molecular weight is 384 g/mol. The third-order valence-electron chi connectivity index (χ3n) is 4.04. The van der Waals surface area contributed by atoms with E-state index in [-0.39, 0.29) is 42.0 Å². The Hall–Kier alpha value is 0.120. The van der Waals surface area contributed by atoms with Gasteiger partial charge in [0.05, 0.1) is 15.9 Å². The maximum Gasteiger partial charge on any atom is 1.00 e. The van der Waals surface area contributed by atoms with Gasteiger partial charge in [0.2, 0.25) is 5.91 Å². The number of unbranched alkanes of at least 4 members (excludes halogenated alkanes) is 10. The molecule has 0 rings (SSSR count). The quantitative estimate of drug-likeness (QED) is 0.182. The second-order valence-electron chi connectivity index (χ2n) is 6.39. The molecule has 0 aliphatic rings. The number of amides is 1. The minimum atomic E-state index is -4.27. The minimum Gasteiger partial charge on any atom is -0.748 e. The molecule has 0 spiro atoms. The summed E-state index contributed by atoms with van der Waals surface area (Å²) in [6, 6.07) is 0. The molecule has 25 heavy (non-hydrogen) atoms. The molecule has 1 amide bonds. The molecule has 0 fully saturated rings. The topological polar surface area (TPSA) is 77.5 Å². The van der Waals surface area contributed by atoms with Gasteiger partial charge >= 0.3 is 29.6 Å². The predicted molar refractivity (Wildman–Crippen MR) is 97.8 cm³/mol. The molecule has 0 aromatic heterocycles. The fourth-order valence-corrected chi connectivity index (χ4v) is 2.92. The van der Waals surface area contributed by atoms with Crippen LogP contribution in [0.25, 0.3) is 0 Å². The summed E-state index contributed by atoms with van der Waals surface area (Å²) in [7, 11) is -2.77. The van der Waals surface area contributed by atoms with Gasteiger partial charge < -0.3 is 9.45 Å². The predicted octanol–water partition coefficient (Wildman–Crippen LogP) is 0.861. The van der Waals surface area contributed by atoms with Crippen LogP contribution < -0.4 is 29.6 Å². The van der Waals surface area contributed by atoms with Crippen LogP contribution in [0.15, 0.2) is 12.2 Å². The van der Waals surface area contributed by atoms with Crippen molar-refractivity contribution in [2.75, 3.05) is 19.3 Å². The third-order valence-corrected chi connectivity index (χ3v) is 4.72. The first kappa shape index (κ1) is 27.3. The number of likely N-dealkylation sites (N-methyl/N-ethyl adjacent to an activating group) is 1. The summed E-state index contributed by atoms with van der Waals surface area (Å²) in [6.07, 6.45) is 17.0. The normalized spacial score (nSPS) is 11.5. The molecule has 0 unspecified atom stereocenters. The molecule has 5 nitrogen and oxygen atoms in total. The second kappa shape index (κ2) is 17.5. The van der Waals surface area contributed by atoms with E-state index in [9.17, 15) is 17.8 Å². The van der Waals surface area contributed by atoms with Crippen LogP contribution >= 0.6 is 0 Å². The van der Waals surface area contributed by atoms with Gasteiger partial charge in [-0.3, -0.25) is 4.79 Å². The SMILES string of the molecule is CCCCCCCCCCCC/C=C/C(=O)N(C)CCS(=O)(=O)[O-].[Na+]. The maximum absolute atomic E-state index is 11.7. The van der Waals surface area contributed by atoms with Crippen molar-refractivity contribution in [3.63, 3.8) is 0 Å². The van der Waals surface area contributed by atoms with Gasteiger partial charge in [-0.15, -0.1) is 0 Å². The summed E-state index contributed by atoms with van der Waals surface area (Å²) in [5.74, 6) is -0.799. The molecule has 0 saturated heterocycles. The summed E-state index contributed by atoms with van der Waals surface area (Å²) in [4.78, 5) is 12.9. The van der Waals surface area contributed by atoms with E-state index in [0.29, 0.717) is 0 Å². The van der Waals surface area contributed by atoms with E-state index in [0.717, 1.165) is 12.8 Å². The van der Waals surface area contributed by atoms with Crippen molar-refractivity contribution >= 4 is 16.0 Å². The van der Waals surface area contributed by atoms with Gasteiger partial charge in [-0.25, -0.2) is 8.42 Å². The van der Waals surface area contributed by atoms with E-state index in [1.54, 1.807) is 0 Å². The molecular weight excluding hydrogens is 349 g/mol. The Morgan fingerprint density at radius 2 is 1.44 bits per heavy atom. The molecule has 0 radical (unpaired) electrons. The van der Waals surface area contributed by atoms with Crippen molar-refractivity contribution in [1.82, 2.24) is 4.90 Å². The summed E-state index contributed by atoms with van der Waals surface area (Å²) < 4.78 is 31.6. The van der Waals surface area contributed by atoms with Crippen LogP contribution in [-0.4, -0.2) is 43.1 Å². The van der Waals surface area contributed by atoms with Crippen molar-refractivity contribution in [3.05, 3.63) is 12.2 Å². The first-order valence-corrected chi connectivity index (χ1v) is 10.8. The molecule has 0 aliphatic carbocycles. The molecule has 0 heterocycles. The number of nitrogens with zero attached hydrogens (tertiary/aromatic N) is 1. The van der Waals surface area contributed by atoms with Gasteiger partial charge in [0, 0.05) is 13.6 Å². The molecule has 0 saturated carbocycles. The van der Waals surface area contributed by atoms with Crippen LogP contribution in [0.3, 0.4) is 0 Å². The van der Waals surface area contributed by atoms with E-state index in [1.807, 2.05) is 6.08 Å².